The number of nitrogens with zero attached hydrogens (tertiary/aromatic N) is 2. The number of carbonyl (C=O) groups is 2. The molecule has 7 heteroatoms. The molecule has 0 spiro atoms. The lowest BCUT2D eigenvalue weighted by atomic mass is 10.1. The molecule has 1 aromatic rings. The minimum absolute atomic E-state index is 0. The van der Waals surface area contributed by atoms with Crippen LogP contribution in [0.2, 0.25) is 0 Å². The van der Waals surface area contributed by atoms with E-state index < -0.39 is 0 Å². The monoisotopic (exact) mass is 383 g/mol. The highest BCUT2D eigenvalue weighted by Gasteiger charge is 2.32. The second-order valence-corrected chi connectivity index (χ2v) is 7.14. The third-order valence-corrected chi connectivity index (χ3v) is 5.23. The Labute approximate surface area is 160 Å². The predicted molar refractivity (Wildman–Crippen MR) is 100 cm³/mol. The highest BCUT2D eigenvalue weighted by Crippen LogP contribution is 2.26. The minimum atomic E-state index is -0.326. The predicted octanol–water partition coefficient (Wildman–Crippen LogP) is 1.98. The van der Waals surface area contributed by atoms with Crippen molar-refractivity contribution in [3.63, 3.8) is 0 Å². The summed E-state index contributed by atoms with van der Waals surface area (Å²) >= 11 is 0. The van der Waals surface area contributed by atoms with Gasteiger partial charge in [-0.2, -0.15) is 0 Å². The Kier molecular flexibility index (Phi) is 7.41. The molecule has 0 bridgehead atoms. The molecule has 1 aromatic carbocycles. The molecule has 3 rings (SSSR count). The number of nitrogens with two attached hydrogens (primary N) is 1. The average Bonchev–Trinajstić information content (AvgIpc) is 2.87. The smallest absolute Gasteiger partial charge is 0.227 e. The molecule has 1 aliphatic carbocycles. The van der Waals surface area contributed by atoms with Crippen LogP contribution < -0.4 is 5.73 Å². The fourth-order valence-corrected chi connectivity index (χ4v) is 3.82. The summed E-state index contributed by atoms with van der Waals surface area (Å²) in [6.07, 6.45) is 3.54. The number of amides is 2. The quantitative estimate of drug-likeness (QED) is 0.867. The van der Waals surface area contributed by atoms with E-state index in [2.05, 4.69) is 0 Å². The average molecular weight is 384 g/mol. The van der Waals surface area contributed by atoms with Crippen molar-refractivity contribution in [1.29, 1.82) is 0 Å². The Morgan fingerprint density at radius 3 is 2.54 bits per heavy atom. The van der Waals surface area contributed by atoms with Crippen molar-refractivity contribution in [2.75, 3.05) is 26.2 Å². The van der Waals surface area contributed by atoms with Crippen LogP contribution in [0.5, 0.6) is 0 Å². The molecule has 1 heterocycles. The van der Waals surface area contributed by atoms with Crippen LogP contribution in [0.1, 0.15) is 31.2 Å². The molecule has 26 heavy (non-hydrogen) atoms. The highest BCUT2D eigenvalue weighted by molar-refractivity contribution is 5.85. The number of hydrogen-bond donors (Lipinski definition) is 1. The van der Waals surface area contributed by atoms with Crippen LogP contribution in [0.3, 0.4) is 0 Å². The van der Waals surface area contributed by atoms with Gasteiger partial charge in [0.1, 0.15) is 5.82 Å². The van der Waals surface area contributed by atoms with Crippen molar-refractivity contribution in [2.45, 2.75) is 38.1 Å². The van der Waals surface area contributed by atoms with Gasteiger partial charge in [-0.15, -0.1) is 12.4 Å². The first-order valence-corrected chi connectivity index (χ1v) is 9.09. The van der Waals surface area contributed by atoms with Gasteiger partial charge in [0.15, 0.2) is 0 Å². The molecular formula is C19H27ClFN3O2. The van der Waals surface area contributed by atoms with Crippen LogP contribution in [0.15, 0.2) is 24.3 Å². The van der Waals surface area contributed by atoms with Crippen LogP contribution in [0, 0.1) is 11.7 Å². The second-order valence-electron chi connectivity index (χ2n) is 7.14. The molecular weight excluding hydrogens is 357 g/mol. The summed E-state index contributed by atoms with van der Waals surface area (Å²) in [6.45, 7) is 2.44. The topological polar surface area (TPSA) is 66.6 Å². The van der Waals surface area contributed by atoms with Gasteiger partial charge in [0.25, 0.3) is 0 Å². The van der Waals surface area contributed by atoms with Crippen molar-refractivity contribution in [2.24, 2.45) is 11.7 Å². The number of carbonyl (C=O) groups excluding carboxylic acids is 2. The van der Waals surface area contributed by atoms with E-state index in [1.54, 1.807) is 17.0 Å². The second kappa shape index (κ2) is 9.33. The van der Waals surface area contributed by atoms with E-state index in [0.717, 1.165) is 25.7 Å². The van der Waals surface area contributed by atoms with Crippen LogP contribution in [-0.2, 0) is 16.0 Å². The zero-order valence-corrected chi connectivity index (χ0v) is 15.7. The molecule has 2 amide bonds. The number of rotatable bonds is 3. The van der Waals surface area contributed by atoms with Crippen LogP contribution in [-0.4, -0.2) is 53.8 Å². The summed E-state index contributed by atoms with van der Waals surface area (Å²) in [5.74, 6) is -0.104. The number of benzene rings is 1. The van der Waals surface area contributed by atoms with E-state index in [0.29, 0.717) is 31.7 Å². The SMILES string of the molecule is Cl.NC1CCC(C(=O)N2CCCN(C(=O)Cc3cccc(F)c3)CC2)C1. The first-order valence-electron chi connectivity index (χ1n) is 9.09. The lowest BCUT2D eigenvalue weighted by Crippen LogP contribution is -2.40. The number of halogens is 2. The standard InChI is InChI=1S/C19H26FN3O2.ClH/c20-16-4-1-3-14(11-16)12-18(24)22-7-2-8-23(10-9-22)19(25)15-5-6-17(21)13-15;/h1,3-4,11,15,17H,2,5-10,12-13,21H2;1H. The van der Waals surface area contributed by atoms with Crippen molar-refractivity contribution in [3.8, 4) is 0 Å². The Balaban J connectivity index is 0.00000243. The Morgan fingerprint density at radius 2 is 1.85 bits per heavy atom. The molecule has 2 N–H and O–H groups in total. The molecule has 1 saturated heterocycles. The lowest BCUT2D eigenvalue weighted by molar-refractivity contribution is -0.136. The maximum absolute atomic E-state index is 13.3. The zero-order chi connectivity index (χ0) is 17.8. The van der Waals surface area contributed by atoms with Crippen LogP contribution in [0.25, 0.3) is 0 Å². The van der Waals surface area contributed by atoms with Gasteiger partial charge in [0, 0.05) is 38.1 Å². The number of hydrogen-bond acceptors (Lipinski definition) is 3. The van der Waals surface area contributed by atoms with Crippen LogP contribution in [0.4, 0.5) is 4.39 Å². The van der Waals surface area contributed by atoms with E-state index in [4.69, 9.17) is 5.73 Å². The van der Waals surface area contributed by atoms with Gasteiger partial charge < -0.3 is 15.5 Å². The summed E-state index contributed by atoms with van der Waals surface area (Å²) in [5.41, 5.74) is 6.60. The van der Waals surface area contributed by atoms with Crippen molar-refractivity contribution < 1.29 is 14.0 Å². The maximum Gasteiger partial charge on any atom is 0.227 e. The molecule has 2 aliphatic rings. The normalized spacial score (nSPS) is 23.3. The molecule has 2 atom stereocenters. The van der Waals surface area contributed by atoms with Crippen molar-refractivity contribution in [3.05, 3.63) is 35.6 Å². The highest BCUT2D eigenvalue weighted by atomic mass is 35.5. The van der Waals surface area contributed by atoms with Gasteiger partial charge in [0.2, 0.25) is 11.8 Å². The molecule has 2 fully saturated rings. The fraction of sp³-hybridized carbons (Fsp3) is 0.579. The van der Waals surface area contributed by atoms with Crippen molar-refractivity contribution >= 4 is 24.2 Å². The van der Waals surface area contributed by atoms with E-state index in [-0.39, 0.29) is 48.4 Å². The summed E-state index contributed by atoms with van der Waals surface area (Å²) in [7, 11) is 0. The first-order chi connectivity index (χ1) is 12.0. The third-order valence-electron chi connectivity index (χ3n) is 5.23. The summed E-state index contributed by atoms with van der Waals surface area (Å²) < 4.78 is 13.3. The summed E-state index contributed by atoms with van der Waals surface area (Å²) in [6, 6.07) is 6.29. The molecule has 2 unspecified atom stereocenters. The summed E-state index contributed by atoms with van der Waals surface area (Å²) in [5, 5.41) is 0. The van der Waals surface area contributed by atoms with Gasteiger partial charge in [-0.25, -0.2) is 4.39 Å². The maximum atomic E-state index is 13.3. The Morgan fingerprint density at radius 1 is 1.12 bits per heavy atom. The minimum Gasteiger partial charge on any atom is -0.341 e. The fourth-order valence-electron chi connectivity index (χ4n) is 3.82. The van der Waals surface area contributed by atoms with Gasteiger partial charge in [0.05, 0.1) is 6.42 Å². The molecule has 1 aliphatic heterocycles. The van der Waals surface area contributed by atoms with Crippen LogP contribution >= 0.6 is 12.4 Å². The third kappa shape index (κ3) is 5.17. The molecule has 144 valence electrons. The van der Waals surface area contributed by atoms with Gasteiger partial charge in [-0.3, -0.25) is 9.59 Å². The molecule has 0 radical (unpaired) electrons. The lowest BCUT2D eigenvalue weighted by Gasteiger charge is -2.24. The van der Waals surface area contributed by atoms with Gasteiger partial charge in [-0.1, -0.05) is 12.1 Å². The van der Waals surface area contributed by atoms with Crippen molar-refractivity contribution in [1.82, 2.24) is 9.80 Å². The first kappa shape index (κ1) is 20.6. The Hall–Kier alpha value is -1.66. The zero-order valence-electron chi connectivity index (χ0n) is 14.9. The molecule has 0 aromatic heterocycles. The van der Waals surface area contributed by atoms with E-state index >= 15 is 0 Å². The van der Waals surface area contributed by atoms with Gasteiger partial charge >= 0.3 is 0 Å². The van der Waals surface area contributed by atoms with Gasteiger partial charge in [-0.05, 0) is 43.4 Å². The molecule has 1 saturated carbocycles. The Bertz CT molecular complexity index is 643. The molecule has 5 nitrogen and oxygen atoms in total. The summed E-state index contributed by atoms with van der Waals surface area (Å²) in [4.78, 5) is 28.8. The van der Waals surface area contributed by atoms with E-state index in [9.17, 15) is 14.0 Å². The van der Waals surface area contributed by atoms with E-state index in [1.165, 1.54) is 12.1 Å². The van der Waals surface area contributed by atoms with E-state index in [1.807, 2.05) is 4.90 Å². The largest absolute Gasteiger partial charge is 0.341 e.